The van der Waals surface area contributed by atoms with Gasteiger partial charge in [-0.05, 0) is 40.2 Å². The third-order valence-corrected chi connectivity index (χ3v) is 5.98. The number of hydrogen-bond acceptors (Lipinski definition) is 5. The number of alkyl halides is 3. The molecule has 1 N–H and O–H groups in total. The first-order chi connectivity index (χ1) is 15.1. The molecule has 7 nitrogen and oxygen atoms in total. The van der Waals surface area contributed by atoms with Crippen molar-refractivity contribution in [2.75, 3.05) is 7.11 Å². The molecule has 2 atom stereocenters. The third kappa shape index (κ3) is 3.96. The second kappa shape index (κ2) is 8.38. The maximum Gasteiger partial charge on any atom is 0.452 e. The van der Waals surface area contributed by atoms with Crippen LogP contribution in [0.5, 0.6) is 5.75 Å². The van der Waals surface area contributed by atoms with Crippen LogP contribution in [0.4, 0.5) is 13.2 Å². The van der Waals surface area contributed by atoms with Crippen molar-refractivity contribution in [1.82, 2.24) is 14.8 Å². The molecule has 0 spiro atoms. The van der Waals surface area contributed by atoms with E-state index < -0.39 is 36.6 Å². The zero-order valence-electron chi connectivity index (χ0n) is 16.2. The Kier molecular flexibility index (Phi) is 5.91. The maximum atomic E-state index is 13.8. The Hall–Kier alpha value is -2.63. The van der Waals surface area contributed by atoms with E-state index in [1.807, 2.05) is 0 Å². The summed E-state index contributed by atoms with van der Waals surface area (Å²) < 4.78 is 54.0. The highest BCUT2D eigenvalue weighted by molar-refractivity contribution is 9.10. The monoisotopic (exact) mass is 531 g/mol. The number of aromatic nitrogens is 3. The molecule has 12 heteroatoms. The lowest BCUT2D eigenvalue weighted by Gasteiger charge is -2.23. The molecule has 2 heterocycles. The number of carbonyl (C=O) groups is 1. The first-order valence-electron chi connectivity index (χ1n) is 9.13. The number of halogens is 5. The molecule has 0 fully saturated rings. The maximum absolute atomic E-state index is 13.8. The second-order valence-corrected chi connectivity index (χ2v) is 8.11. The highest BCUT2D eigenvalue weighted by Crippen LogP contribution is 2.46. The van der Waals surface area contributed by atoms with Crippen LogP contribution in [0, 0.1) is 0 Å². The van der Waals surface area contributed by atoms with Gasteiger partial charge in [0.15, 0.2) is 5.82 Å². The van der Waals surface area contributed by atoms with Crippen LogP contribution in [0.25, 0.3) is 5.69 Å². The fourth-order valence-electron chi connectivity index (χ4n) is 3.59. The molecule has 1 aliphatic rings. The molecule has 0 unspecified atom stereocenters. The minimum Gasteiger partial charge on any atom is -0.496 e. The molecule has 0 amide bonds. The van der Waals surface area contributed by atoms with Crippen LogP contribution in [0.1, 0.15) is 41.4 Å². The number of benzene rings is 2. The number of fused-ring (bicyclic) bond motifs is 3. The Morgan fingerprint density at radius 1 is 1.28 bits per heavy atom. The second-order valence-electron chi connectivity index (χ2n) is 6.88. The summed E-state index contributed by atoms with van der Waals surface area (Å²) in [5, 5.41) is 16.6. The molecule has 0 bridgehead atoms. The molecule has 32 heavy (non-hydrogen) atoms. The average Bonchev–Trinajstić information content (AvgIpc) is 3.12. The fraction of sp³-hybridized carbons (Fsp3) is 0.250. The molecule has 0 saturated heterocycles. The summed E-state index contributed by atoms with van der Waals surface area (Å²) in [6.07, 6.45) is -7.78. The van der Waals surface area contributed by atoms with Gasteiger partial charge in [-0.3, -0.25) is 9.36 Å². The van der Waals surface area contributed by atoms with Crippen LogP contribution in [0.15, 0.2) is 40.9 Å². The predicted octanol–water partition coefficient (Wildman–Crippen LogP) is 5.35. The van der Waals surface area contributed by atoms with Gasteiger partial charge < -0.3 is 14.6 Å². The molecule has 1 aliphatic heterocycles. The van der Waals surface area contributed by atoms with Crippen LogP contribution in [-0.2, 0) is 15.7 Å². The lowest BCUT2D eigenvalue weighted by atomic mass is 9.99. The Morgan fingerprint density at radius 3 is 2.69 bits per heavy atom. The van der Waals surface area contributed by atoms with Crippen molar-refractivity contribution in [3.8, 4) is 11.4 Å². The van der Waals surface area contributed by atoms with Gasteiger partial charge in [0.2, 0.25) is 5.82 Å². The van der Waals surface area contributed by atoms with Crippen LogP contribution in [0.3, 0.4) is 0 Å². The van der Waals surface area contributed by atoms with Crippen molar-refractivity contribution >= 4 is 33.5 Å². The standard InChI is InChI=1S/C20H14BrClF3N3O4/c1-31-13-4-2-3-10(16(13)21)17-11-7-9(22)5-6-12(11)28-18(14(32-17)8-15(29)30)26-27-19(28)20(23,24)25/h2-7,14,17H,8H2,1H3,(H,29,30)/t14-,17-/m1/s1. The molecule has 0 aliphatic carbocycles. The Balaban J connectivity index is 2.03. The predicted molar refractivity (Wildman–Crippen MR) is 110 cm³/mol. The largest absolute Gasteiger partial charge is 0.496 e. The van der Waals surface area contributed by atoms with E-state index in [0.717, 1.165) is 4.57 Å². The van der Waals surface area contributed by atoms with Crippen LogP contribution >= 0.6 is 27.5 Å². The van der Waals surface area contributed by atoms with E-state index >= 15 is 0 Å². The minimum atomic E-state index is -4.84. The summed E-state index contributed by atoms with van der Waals surface area (Å²) in [4.78, 5) is 11.5. The number of ether oxygens (including phenoxy) is 2. The van der Waals surface area contributed by atoms with Gasteiger partial charge >= 0.3 is 12.1 Å². The Bertz CT molecular complexity index is 1200. The lowest BCUT2D eigenvalue weighted by molar-refractivity contribution is -0.146. The van der Waals surface area contributed by atoms with E-state index in [2.05, 4.69) is 26.1 Å². The summed E-state index contributed by atoms with van der Waals surface area (Å²) >= 11 is 9.63. The first-order valence-corrected chi connectivity index (χ1v) is 10.3. The summed E-state index contributed by atoms with van der Waals surface area (Å²) in [6.45, 7) is 0. The van der Waals surface area contributed by atoms with E-state index in [1.54, 1.807) is 18.2 Å². The first kappa shape index (κ1) is 22.6. The topological polar surface area (TPSA) is 86.5 Å². The molecule has 3 aromatic rings. The van der Waals surface area contributed by atoms with E-state index in [4.69, 9.17) is 21.1 Å². The van der Waals surface area contributed by atoms with Crippen molar-refractivity contribution < 1.29 is 32.5 Å². The number of rotatable bonds is 4. The van der Waals surface area contributed by atoms with Crippen LogP contribution < -0.4 is 4.74 Å². The van der Waals surface area contributed by atoms with Gasteiger partial charge in [0.05, 0.1) is 23.7 Å². The van der Waals surface area contributed by atoms with E-state index in [0.29, 0.717) is 15.8 Å². The van der Waals surface area contributed by atoms with E-state index in [9.17, 15) is 23.1 Å². The smallest absolute Gasteiger partial charge is 0.452 e. The lowest BCUT2D eigenvalue weighted by Crippen LogP contribution is -2.17. The zero-order valence-corrected chi connectivity index (χ0v) is 18.6. The zero-order chi connectivity index (χ0) is 23.2. The summed E-state index contributed by atoms with van der Waals surface area (Å²) in [5.41, 5.74) is 0.871. The molecular formula is C20H14BrClF3N3O4. The number of carboxylic acid groups (broad SMARTS) is 1. The highest BCUT2D eigenvalue weighted by atomic mass is 79.9. The van der Waals surface area contributed by atoms with Crippen molar-refractivity contribution in [2.45, 2.75) is 24.8 Å². The molecule has 4 rings (SSSR count). The summed E-state index contributed by atoms with van der Waals surface area (Å²) in [6, 6.07) is 9.36. The van der Waals surface area contributed by atoms with Gasteiger partial charge in [0.1, 0.15) is 18.0 Å². The van der Waals surface area contributed by atoms with Crippen LogP contribution in [-0.4, -0.2) is 33.0 Å². The van der Waals surface area contributed by atoms with Crippen molar-refractivity contribution in [1.29, 1.82) is 0 Å². The quantitative estimate of drug-likeness (QED) is 0.488. The highest BCUT2D eigenvalue weighted by Gasteiger charge is 2.43. The minimum absolute atomic E-state index is 0.0781. The number of nitrogens with zero attached hydrogens (tertiary/aromatic N) is 3. The Morgan fingerprint density at radius 2 is 2.03 bits per heavy atom. The Labute approximate surface area is 192 Å². The third-order valence-electron chi connectivity index (χ3n) is 4.90. The number of aliphatic carboxylic acids is 1. The van der Waals surface area contributed by atoms with Gasteiger partial charge in [-0.2, -0.15) is 13.2 Å². The summed E-state index contributed by atoms with van der Waals surface area (Å²) in [7, 11) is 1.47. The summed E-state index contributed by atoms with van der Waals surface area (Å²) in [5.74, 6) is -2.38. The van der Waals surface area contributed by atoms with Crippen molar-refractivity contribution in [3.63, 3.8) is 0 Å². The van der Waals surface area contributed by atoms with Gasteiger partial charge in [-0.15, -0.1) is 10.2 Å². The number of hydrogen-bond donors (Lipinski definition) is 1. The van der Waals surface area contributed by atoms with Crippen LogP contribution in [0.2, 0.25) is 5.02 Å². The molecule has 0 saturated carbocycles. The van der Waals surface area contributed by atoms with Crippen molar-refractivity contribution in [2.24, 2.45) is 0 Å². The number of methoxy groups -OCH3 is 1. The molecule has 2 aromatic carbocycles. The SMILES string of the molecule is COc1cccc([C@H]2O[C@H](CC(=O)O)c3nnc(C(F)(F)F)n3-c3ccc(Cl)cc32)c1Br. The normalized spacial score (nSPS) is 17.9. The molecule has 0 radical (unpaired) electrons. The van der Waals surface area contributed by atoms with E-state index in [-0.39, 0.29) is 22.1 Å². The van der Waals surface area contributed by atoms with Gasteiger partial charge in [-0.25, -0.2) is 0 Å². The van der Waals surface area contributed by atoms with Crippen molar-refractivity contribution in [3.05, 3.63) is 68.7 Å². The fourth-order valence-corrected chi connectivity index (χ4v) is 4.40. The van der Waals surface area contributed by atoms with Gasteiger partial charge in [0, 0.05) is 16.1 Å². The average molecular weight is 533 g/mol. The van der Waals surface area contributed by atoms with Gasteiger partial charge in [0.25, 0.3) is 0 Å². The number of carboxylic acids is 1. The molecular weight excluding hydrogens is 519 g/mol. The molecule has 1 aromatic heterocycles. The van der Waals surface area contributed by atoms with Gasteiger partial charge in [-0.1, -0.05) is 23.7 Å². The molecule has 168 valence electrons. The van der Waals surface area contributed by atoms with E-state index in [1.165, 1.54) is 25.3 Å².